The molecule has 0 bridgehead atoms. The van der Waals surface area contributed by atoms with Crippen molar-refractivity contribution >= 4 is 0 Å². The van der Waals surface area contributed by atoms with Crippen molar-refractivity contribution in [1.82, 2.24) is 15.5 Å². The Hall–Kier alpha value is -0.980. The number of nitrogens with zero attached hydrogens (tertiary/aromatic N) is 2. The zero-order valence-electron chi connectivity index (χ0n) is 9.99. The zero-order valence-corrected chi connectivity index (χ0v) is 9.99. The first-order valence-electron chi connectivity index (χ1n) is 5.23. The van der Waals surface area contributed by atoms with E-state index in [9.17, 15) is 0 Å². The van der Waals surface area contributed by atoms with Crippen molar-refractivity contribution < 1.29 is 14.4 Å². The van der Waals surface area contributed by atoms with E-state index in [4.69, 9.17) is 14.4 Å². The lowest BCUT2D eigenvalue weighted by Gasteiger charge is -2.28. The van der Waals surface area contributed by atoms with Gasteiger partial charge in [0, 0.05) is 19.3 Å². The highest BCUT2D eigenvalue weighted by Crippen LogP contribution is 2.10. The Kier molecular flexibility index (Phi) is 4.85. The molecule has 1 aromatic rings. The molecule has 0 radical (unpaired) electrons. The van der Waals surface area contributed by atoms with Crippen LogP contribution < -0.4 is 5.32 Å². The molecule has 0 fully saturated rings. The van der Waals surface area contributed by atoms with Crippen LogP contribution in [0.2, 0.25) is 0 Å². The van der Waals surface area contributed by atoms with Crippen LogP contribution in [0.25, 0.3) is 0 Å². The summed E-state index contributed by atoms with van der Waals surface area (Å²) in [4.78, 5) is 4.09. The second-order valence-electron chi connectivity index (χ2n) is 4.06. The summed E-state index contributed by atoms with van der Waals surface area (Å²) >= 11 is 0. The van der Waals surface area contributed by atoms with Crippen molar-refractivity contribution in [2.75, 3.05) is 20.3 Å². The minimum absolute atomic E-state index is 0.107. The average molecular weight is 229 g/mol. The van der Waals surface area contributed by atoms with Gasteiger partial charge in [-0.2, -0.15) is 4.98 Å². The molecule has 1 unspecified atom stereocenters. The van der Waals surface area contributed by atoms with Gasteiger partial charge in [-0.25, -0.2) is 0 Å². The fraction of sp³-hybridized carbons (Fsp3) is 0.800. The van der Waals surface area contributed by atoms with Gasteiger partial charge in [0.15, 0.2) is 5.82 Å². The van der Waals surface area contributed by atoms with E-state index < -0.39 is 0 Å². The highest BCUT2D eigenvalue weighted by molar-refractivity contribution is 4.88. The Balaban J connectivity index is 2.49. The molecule has 0 aliphatic heterocycles. The minimum Gasteiger partial charge on any atom is -0.396 e. The van der Waals surface area contributed by atoms with E-state index in [0.29, 0.717) is 31.3 Å². The Bertz CT molecular complexity index is 308. The molecule has 92 valence electrons. The number of aromatic nitrogens is 2. The molecular formula is C10H19N3O3. The number of aryl methyl sites for hydroxylation is 1. The van der Waals surface area contributed by atoms with Gasteiger partial charge < -0.3 is 19.7 Å². The summed E-state index contributed by atoms with van der Waals surface area (Å²) in [5.41, 5.74) is -0.286. The fourth-order valence-electron chi connectivity index (χ4n) is 1.48. The normalized spacial score (nSPS) is 15.0. The summed E-state index contributed by atoms with van der Waals surface area (Å²) in [6, 6.07) is 0. The lowest BCUT2D eigenvalue weighted by Crippen LogP contribution is -2.46. The lowest BCUT2D eigenvalue weighted by molar-refractivity contribution is 0.0948. The van der Waals surface area contributed by atoms with E-state index >= 15 is 0 Å². The van der Waals surface area contributed by atoms with Gasteiger partial charge in [0.05, 0.1) is 13.2 Å². The first-order chi connectivity index (χ1) is 7.59. The molecule has 1 rings (SSSR count). The van der Waals surface area contributed by atoms with Gasteiger partial charge in [-0.3, -0.25) is 0 Å². The van der Waals surface area contributed by atoms with E-state index in [2.05, 4.69) is 15.5 Å². The zero-order chi connectivity index (χ0) is 12.0. The Morgan fingerprint density at radius 3 is 2.81 bits per heavy atom. The van der Waals surface area contributed by atoms with E-state index in [-0.39, 0.29) is 12.1 Å². The molecule has 0 saturated heterocycles. The molecule has 0 aliphatic rings. The van der Waals surface area contributed by atoms with Crippen molar-refractivity contribution in [3.63, 3.8) is 0 Å². The van der Waals surface area contributed by atoms with Gasteiger partial charge in [-0.1, -0.05) is 5.16 Å². The van der Waals surface area contributed by atoms with Crippen LogP contribution >= 0.6 is 0 Å². The number of nitrogens with one attached hydrogen (secondary N) is 1. The molecule has 0 spiro atoms. The summed E-state index contributed by atoms with van der Waals surface area (Å²) in [5.74, 6) is 1.16. The Labute approximate surface area is 95.0 Å². The number of hydrogen-bond donors (Lipinski definition) is 2. The third-order valence-corrected chi connectivity index (χ3v) is 2.36. The maximum Gasteiger partial charge on any atom is 0.240 e. The third-order valence-electron chi connectivity index (χ3n) is 2.36. The predicted molar refractivity (Wildman–Crippen MR) is 57.9 cm³/mol. The Morgan fingerprint density at radius 1 is 1.56 bits per heavy atom. The molecule has 16 heavy (non-hydrogen) atoms. The average Bonchev–Trinajstić information content (AvgIpc) is 2.62. The smallest absolute Gasteiger partial charge is 0.240 e. The molecule has 6 heteroatoms. The van der Waals surface area contributed by atoms with E-state index in [0.717, 1.165) is 0 Å². The van der Waals surface area contributed by atoms with Crippen LogP contribution in [0, 0.1) is 6.92 Å². The maximum atomic E-state index is 8.98. The van der Waals surface area contributed by atoms with Crippen molar-refractivity contribution in [2.45, 2.75) is 32.4 Å². The maximum absolute atomic E-state index is 8.98. The van der Waals surface area contributed by atoms with E-state index in [1.807, 2.05) is 6.92 Å². The van der Waals surface area contributed by atoms with Crippen LogP contribution in [0.5, 0.6) is 0 Å². The fourth-order valence-corrected chi connectivity index (χ4v) is 1.48. The highest BCUT2D eigenvalue weighted by atomic mass is 16.5. The van der Waals surface area contributed by atoms with Crippen LogP contribution in [-0.4, -0.2) is 41.1 Å². The second kappa shape index (κ2) is 5.93. The first-order valence-corrected chi connectivity index (χ1v) is 5.23. The standard InChI is InChI=1S/C10H19N3O3/c1-8-12-9(16-13-8)6-11-10(2,4-5-14)7-15-3/h11,14H,4-7H2,1-3H3. The number of aliphatic hydroxyl groups excluding tert-OH is 1. The minimum atomic E-state index is -0.286. The van der Waals surface area contributed by atoms with Crippen LogP contribution in [0.1, 0.15) is 25.1 Å². The summed E-state index contributed by atoms with van der Waals surface area (Å²) in [6.07, 6.45) is 0.605. The predicted octanol–water partition coefficient (Wildman–Crippen LogP) is 0.255. The quantitative estimate of drug-likeness (QED) is 0.698. The number of methoxy groups -OCH3 is 1. The molecule has 1 aromatic heterocycles. The molecule has 0 amide bonds. The Morgan fingerprint density at radius 2 is 2.31 bits per heavy atom. The van der Waals surface area contributed by atoms with Gasteiger partial charge in [0.25, 0.3) is 0 Å². The van der Waals surface area contributed by atoms with Crippen molar-refractivity contribution in [2.24, 2.45) is 0 Å². The third kappa shape index (κ3) is 3.88. The van der Waals surface area contributed by atoms with E-state index in [1.165, 1.54) is 0 Å². The molecular weight excluding hydrogens is 210 g/mol. The van der Waals surface area contributed by atoms with E-state index in [1.54, 1.807) is 14.0 Å². The van der Waals surface area contributed by atoms with Gasteiger partial charge in [-0.05, 0) is 20.3 Å². The van der Waals surface area contributed by atoms with Gasteiger partial charge >= 0.3 is 0 Å². The number of ether oxygens (including phenoxy) is 1. The summed E-state index contributed by atoms with van der Waals surface area (Å²) in [5, 5.41) is 15.9. The summed E-state index contributed by atoms with van der Waals surface area (Å²) in [7, 11) is 1.63. The van der Waals surface area contributed by atoms with Gasteiger partial charge in [0.1, 0.15) is 0 Å². The van der Waals surface area contributed by atoms with Crippen LogP contribution in [0.3, 0.4) is 0 Å². The van der Waals surface area contributed by atoms with Crippen molar-refractivity contribution in [1.29, 1.82) is 0 Å². The molecule has 0 saturated carbocycles. The highest BCUT2D eigenvalue weighted by Gasteiger charge is 2.23. The van der Waals surface area contributed by atoms with Gasteiger partial charge in [0.2, 0.25) is 5.89 Å². The van der Waals surface area contributed by atoms with Crippen molar-refractivity contribution in [3.8, 4) is 0 Å². The monoisotopic (exact) mass is 229 g/mol. The van der Waals surface area contributed by atoms with Crippen molar-refractivity contribution in [3.05, 3.63) is 11.7 Å². The molecule has 0 aromatic carbocycles. The van der Waals surface area contributed by atoms with Crippen LogP contribution in [-0.2, 0) is 11.3 Å². The molecule has 6 nitrogen and oxygen atoms in total. The largest absolute Gasteiger partial charge is 0.396 e. The number of rotatable bonds is 7. The number of aliphatic hydroxyl groups is 1. The van der Waals surface area contributed by atoms with Crippen LogP contribution in [0.4, 0.5) is 0 Å². The first kappa shape index (κ1) is 13.1. The van der Waals surface area contributed by atoms with Gasteiger partial charge in [-0.15, -0.1) is 0 Å². The second-order valence-corrected chi connectivity index (χ2v) is 4.06. The summed E-state index contributed by atoms with van der Waals surface area (Å²) in [6.45, 7) is 4.85. The molecule has 1 atom stereocenters. The molecule has 0 aliphatic carbocycles. The lowest BCUT2D eigenvalue weighted by atomic mass is 9.99. The topological polar surface area (TPSA) is 80.4 Å². The summed E-state index contributed by atoms with van der Waals surface area (Å²) < 4.78 is 10.1. The SMILES string of the molecule is COCC(C)(CCO)NCc1nc(C)no1. The number of hydrogen-bond acceptors (Lipinski definition) is 6. The molecule has 1 heterocycles. The molecule has 2 N–H and O–H groups in total. The van der Waals surface area contributed by atoms with Crippen LogP contribution in [0.15, 0.2) is 4.52 Å².